The van der Waals surface area contributed by atoms with E-state index in [9.17, 15) is 4.79 Å². The van der Waals surface area contributed by atoms with E-state index in [-0.39, 0.29) is 24.4 Å². The standard InChI is InChI=1S/C16H20N4O3.ClH/c1-22-12-5-2-4-11(10-12)15-19-14(23-20-15)7-9-18-16(21)13-6-3-8-17-13;/h2,4-5,10,13,17H,3,6-9H2,1H3,(H,18,21);1H. The van der Waals surface area contributed by atoms with Crippen LogP contribution in [-0.4, -0.2) is 42.3 Å². The van der Waals surface area contributed by atoms with Gasteiger partial charge in [-0.3, -0.25) is 4.79 Å². The molecule has 0 aliphatic carbocycles. The third-order valence-corrected chi connectivity index (χ3v) is 3.81. The SMILES string of the molecule is COc1cccc(-c2noc(CCNC(=O)C3CCCN3)n2)c1.Cl. The van der Waals surface area contributed by atoms with Gasteiger partial charge in [-0.1, -0.05) is 17.3 Å². The van der Waals surface area contributed by atoms with E-state index in [4.69, 9.17) is 9.26 Å². The number of hydrogen-bond acceptors (Lipinski definition) is 6. The fourth-order valence-corrected chi connectivity index (χ4v) is 2.56. The predicted octanol–water partition coefficient (Wildman–Crippen LogP) is 1.58. The molecule has 0 saturated carbocycles. The minimum absolute atomic E-state index is 0. The van der Waals surface area contributed by atoms with E-state index in [1.165, 1.54) is 0 Å². The van der Waals surface area contributed by atoms with Crippen LogP contribution in [-0.2, 0) is 11.2 Å². The smallest absolute Gasteiger partial charge is 0.237 e. The molecule has 0 spiro atoms. The van der Waals surface area contributed by atoms with Gasteiger partial charge in [-0.2, -0.15) is 4.98 Å². The highest BCUT2D eigenvalue weighted by atomic mass is 35.5. The Balaban J connectivity index is 0.00000208. The molecule has 2 aromatic rings. The molecule has 130 valence electrons. The van der Waals surface area contributed by atoms with Crippen LogP contribution >= 0.6 is 12.4 Å². The van der Waals surface area contributed by atoms with Gasteiger partial charge in [0.2, 0.25) is 17.6 Å². The lowest BCUT2D eigenvalue weighted by Gasteiger charge is -2.09. The Kier molecular flexibility index (Phi) is 6.57. The number of aromatic nitrogens is 2. The number of amides is 1. The van der Waals surface area contributed by atoms with Crippen molar-refractivity contribution >= 4 is 18.3 Å². The van der Waals surface area contributed by atoms with E-state index in [2.05, 4.69) is 20.8 Å². The molecule has 1 aliphatic heterocycles. The molecule has 1 aliphatic rings. The van der Waals surface area contributed by atoms with Gasteiger partial charge in [-0.25, -0.2) is 0 Å². The molecule has 1 unspecified atom stereocenters. The van der Waals surface area contributed by atoms with Gasteiger partial charge < -0.3 is 19.9 Å². The topological polar surface area (TPSA) is 89.3 Å². The number of carbonyl (C=O) groups excluding carboxylic acids is 1. The van der Waals surface area contributed by atoms with Crippen molar-refractivity contribution in [2.75, 3.05) is 20.2 Å². The normalized spacial score (nSPS) is 16.5. The van der Waals surface area contributed by atoms with Crippen LogP contribution in [0.25, 0.3) is 11.4 Å². The highest BCUT2D eigenvalue weighted by Crippen LogP contribution is 2.21. The molecule has 2 N–H and O–H groups in total. The Hall–Kier alpha value is -2.12. The number of methoxy groups -OCH3 is 1. The van der Waals surface area contributed by atoms with E-state index < -0.39 is 0 Å². The maximum absolute atomic E-state index is 11.9. The third-order valence-electron chi connectivity index (χ3n) is 3.81. The Morgan fingerprint density at radius 1 is 1.50 bits per heavy atom. The van der Waals surface area contributed by atoms with Crippen LogP contribution in [0, 0.1) is 0 Å². The van der Waals surface area contributed by atoms with Crippen LogP contribution in [0.1, 0.15) is 18.7 Å². The summed E-state index contributed by atoms with van der Waals surface area (Å²) in [6, 6.07) is 7.41. The van der Waals surface area contributed by atoms with Crippen molar-refractivity contribution in [1.82, 2.24) is 20.8 Å². The zero-order valence-corrected chi connectivity index (χ0v) is 14.3. The highest BCUT2D eigenvalue weighted by Gasteiger charge is 2.21. The molecule has 7 nitrogen and oxygen atoms in total. The van der Waals surface area contributed by atoms with Crippen molar-refractivity contribution in [2.24, 2.45) is 0 Å². The molecule has 0 radical (unpaired) electrons. The number of carbonyl (C=O) groups is 1. The molecule has 1 saturated heterocycles. The number of hydrogen-bond donors (Lipinski definition) is 2. The minimum atomic E-state index is -0.0648. The Labute approximate surface area is 146 Å². The Bertz CT molecular complexity index is 671. The number of ether oxygens (including phenoxy) is 1. The third kappa shape index (κ3) is 4.46. The highest BCUT2D eigenvalue weighted by molar-refractivity contribution is 5.85. The minimum Gasteiger partial charge on any atom is -0.497 e. The summed E-state index contributed by atoms with van der Waals surface area (Å²) in [6.45, 7) is 1.39. The fraction of sp³-hybridized carbons (Fsp3) is 0.438. The summed E-state index contributed by atoms with van der Waals surface area (Å²) in [4.78, 5) is 16.2. The lowest BCUT2D eigenvalue weighted by atomic mass is 10.2. The van der Waals surface area contributed by atoms with E-state index in [0.29, 0.717) is 24.7 Å². The average molecular weight is 353 g/mol. The van der Waals surface area contributed by atoms with Gasteiger partial charge in [0.15, 0.2) is 0 Å². The first-order valence-corrected chi connectivity index (χ1v) is 7.74. The largest absolute Gasteiger partial charge is 0.497 e. The lowest BCUT2D eigenvalue weighted by molar-refractivity contribution is -0.122. The van der Waals surface area contributed by atoms with Crippen molar-refractivity contribution in [1.29, 1.82) is 0 Å². The molecule has 1 aromatic carbocycles. The molecule has 1 amide bonds. The van der Waals surface area contributed by atoms with Gasteiger partial charge in [0.25, 0.3) is 0 Å². The summed E-state index contributed by atoms with van der Waals surface area (Å²) in [5.41, 5.74) is 0.832. The van der Waals surface area contributed by atoms with Gasteiger partial charge in [-0.15, -0.1) is 12.4 Å². The molecular formula is C16H21ClN4O3. The monoisotopic (exact) mass is 352 g/mol. The van der Waals surface area contributed by atoms with E-state index in [0.717, 1.165) is 30.7 Å². The predicted molar refractivity (Wildman–Crippen MR) is 91.3 cm³/mol. The van der Waals surface area contributed by atoms with Crippen LogP contribution < -0.4 is 15.4 Å². The second kappa shape index (κ2) is 8.65. The number of rotatable bonds is 6. The second-order valence-electron chi connectivity index (χ2n) is 5.43. The maximum Gasteiger partial charge on any atom is 0.237 e. The van der Waals surface area contributed by atoms with Crippen molar-refractivity contribution in [3.05, 3.63) is 30.2 Å². The van der Waals surface area contributed by atoms with Gasteiger partial charge in [-0.05, 0) is 31.5 Å². The molecule has 1 aromatic heterocycles. The van der Waals surface area contributed by atoms with Crippen molar-refractivity contribution in [3.8, 4) is 17.1 Å². The molecule has 8 heteroatoms. The van der Waals surface area contributed by atoms with Crippen LogP contribution in [0.15, 0.2) is 28.8 Å². The van der Waals surface area contributed by atoms with E-state index >= 15 is 0 Å². The average Bonchev–Trinajstić information content (AvgIpc) is 3.26. The molecule has 24 heavy (non-hydrogen) atoms. The second-order valence-corrected chi connectivity index (χ2v) is 5.43. The summed E-state index contributed by atoms with van der Waals surface area (Å²) < 4.78 is 10.4. The van der Waals surface area contributed by atoms with Crippen LogP contribution in [0.3, 0.4) is 0 Å². The lowest BCUT2D eigenvalue weighted by Crippen LogP contribution is -2.41. The van der Waals surface area contributed by atoms with Crippen LogP contribution in [0.5, 0.6) is 5.75 Å². The number of benzene rings is 1. The molecule has 1 atom stereocenters. The molecule has 2 heterocycles. The first kappa shape index (κ1) is 18.2. The van der Waals surface area contributed by atoms with Gasteiger partial charge >= 0.3 is 0 Å². The Morgan fingerprint density at radius 2 is 2.38 bits per heavy atom. The quantitative estimate of drug-likeness (QED) is 0.820. The fourth-order valence-electron chi connectivity index (χ4n) is 2.56. The molecule has 3 rings (SSSR count). The number of halogens is 1. The summed E-state index contributed by atoms with van der Waals surface area (Å²) in [5.74, 6) is 1.80. The summed E-state index contributed by atoms with van der Waals surface area (Å²) in [5, 5.41) is 10.0. The Morgan fingerprint density at radius 3 is 3.12 bits per heavy atom. The first-order valence-electron chi connectivity index (χ1n) is 7.74. The summed E-state index contributed by atoms with van der Waals surface area (Å²) >= 11 is 0. The van der Waals surface area contributed by atoms with Crippen molar-refractivity contribution < 1.29 is 14.1 Å². The summed E-state index contributed by atoms with van der Waals surface area (Å²) in [6.07, 6.45) is 2.45. The summed E-state index contributed by atoms with van der Waals surface area (Å²) in [7, 11) is 1.61. The zero-order valence-electron chi connectivity index (χ0n) is 13.4. The van der Waals surface area contributed by atoms with Gasteiger partial charge in [0.1, 0.15) is 5.75 Å². The number of nitrogens with one attached hydrogen (secondary N) is 2. The first-order chi connectivity index (χ1) is 11.3. The van der Waals surface area contributed by atoms with Crippen LogP contribution in [0.2, 0.25) is 0 Å². The van der Waals surface area contributed by atoms with Gasteiger partial charge in [0.05, 0.1) is 13.2 Å². The maximum atomic E-state index is 11.9. The van der Waals surface area contributed by atoms with E-state index in [1.54, 1.807) is 7.11 Å². The molecule has 1 fully saturated rings. The van der Waals surface area contributed by atoms with Crippen molar-refractivity contribution in [3.63, 3.8) is 0 Å². The van der Waals surface area contributed by atoms with Gasteiger partial charge in [0, 0.05) is 18.5 Å². The van der Waals surface area contributed by atoms with Crippen molar-refractivity contribution in [2.45, 2.75) is 25.3 Å². The zero-order chi connectivity index (χ0) is 16.1. The molecular weight excluding hydrogens is 332 g/mol. The number of nitrogens with zero attached hydrogens (tertiary/aromatic N) is 2. The molecule has 0 bridgehead atoms. The van der Waals surface area contributed by atoms with Crippen LogP contribution in [0.4, 0.5) is 0 Å². The van der Waals surface area contributed by atoms with E-state index in [1.807, 2.05) is 24.3 Å².